The molecule has 1 aliphatic carbocycles. The van der Waals surface area contributed by atoms with Crippen LogP contribution in [0.2, 0.25) is 0 Å². The summed E-state index contributed by atoms with van der Waals surface area (Å²) in [6.45, 7) is 0.594. The highest BCUT2D eigenvalue weighted by molar-refractivity contribution is 7.80. The lowest BCUT2D eigenvalue weighted by Gasteiger charge is -2.43. The van der Waals surface area contributed by atoms with E-state index >= 15 is 0 Å². The summed E-state index contributed by atoms with van der Waals surface area (Å²) in [6.07, 6.45) is 11.0. The van der Waals surface area contributed by atoms with Crippen molar-refractivity contribution < 1.29 is 4.74 Å². The number of aromatic nitrogens is 2. The molecule has 27 heavy (non-hydrogen) atoms. The van der Waals surface area contributed by atoms with E-state index in [2.05, 4.69) is 29.4 Å². The van der Waals surface area contributed by atoms with Gasteiger partial charge in [0, 0.05) is 18.6 Å². The van der Waals surface area contributed by atoms with Gasteiger partial charge in [-0.3, -0.25) is 0 Å². The Morgan fingerprint density at radius 3 is 2.85 bits per heavy atom. The fourth-order valence-electron chi connectivity index (χ4n) is 4.23. The average molecular weight is 380 g/mol. The molecule has 2 N–H and O–H groups in total. The van der Waals surface area contributed by atoms with Gasteiger partial charge in [-0.05, 0) is 36.5 Å². The largest absolute Gasteiger partial charge is 0.393 e. The van der Waals surface area contributed by atoms with Crippen molar-refractivity contribution in [3.8, 4) is 0 Å². The minimum Gasteiger partial charge on any atom is -0.393 e. The average Bonchev–Trinajstić information content (AvgIpc) is 3.16. The number of thiocarbonyl (C=S) groups is 1. The van der Waals surface area contributed by atoms with E-state index in [0.717, 1.165) is 37.8 Å². The molecule has 4 rings (SSSR count). The molecule has 140 valence electrons. The number of benzene rings is 1. The monoisotopic (exact) mass is 379 g/mol. The van der Waals surface area contributed by atoms with Gasteiger partial charge >= 0.3 is 0 Å². The summed E-state index contributed by atoms with van der Waals surface area (Å²) in [5, 5.41) is 0. The molecule has 1 fully saturated rings. The summed E-state index contributed by atoms with van der Waals surface area (Å²) in [5.41, 5.74) is 9.38. The predicted octanol–water partition coefficient (Wildman–Crippen LogP) is 4.31. The molecule has 1 aliphatic rings. The van der Waals surface area contributed by atoms with Crippen molar-refractivity contribution in [3.63, 3.8) is 0 Å². The van der Waals surface area contributed by atoms with E-state index in [1.165, 1.54) is 11.1 Å². The third-order valence-electron chi connectivity index (χ3n) is 5.71. The molecule has 2 unspecified atom stereocenters. The standard InChI is InChI=1S/C22H25N3OS/c23-21(27)22(14-18-9-10-20-24-12-13-25(20)15-18)11-5-4-8-19(22)26-16-17-6-2-1-3-7-17/h1-3,6-7,9-10,12-13,15,19H,4-5,8,11,14,16H2,(H2,23,27). The van der Waals surface area contributed by atoms with Crippen LogP contribution >= 0.6 is 12.2 Å². The Balaban J connectivity index is 1.59. The Labute approximate surface area is 165 Å². The molecule has 4 nitrogen and oxygen atoms in total. The lowest BCUT2D eigenvalue weighted by atomic mass is 9.68. The smallest absolute Gasteiger partial charge is 0.136 e. The highest BCUT2D eigenvalue weighted by Gasteiger charge is 2.44. The van der Waals surface area contributed by atoms with Crippen molar-refractivity contribution in [1.29, 1.82) is 0 Å². The molecule has 5 heteroatoms. The van der Waals surface area contributed by atoms with E-state index in [4.69, 9.17) is 22.7 Å². The van der Waals surface area contributed by atoms with Crippen LogP contribution in [0.5, 0.6) is 0 Å². The summed E-state index contributed by atoms with van der Waals surface area (Å²) in [5.74, 6) is 0. The van der Waals surface area contributed by atoms with Gasteiger partial charge in [-0.2, -0.15) is 0 Å². The Morgan fingerprint density at radius 2 is 2.04 bits per heavy atom. The first kappa shape index (κ1) is 18.1. The fourth-order valence-corrected chi connectivity index (χ4v) is 4.53. The summed E-state index contributed by atoms with van der Waals surface area (Å²) in [7, 11) is 0. The quantitative estimate of drug-likeness (QED) is 0.649. The third kappa shape index (κ3) is 3.75. The number of fused-ring (bicyclic) bond motifs is 1. The highest BCUT2D eigenvalue weighted by atomic mass is 32.1. The summed E-state index contributed by atoms with van der Waals surface area (Å²) < 4.78 is 8.45. The molecule has 0 bridgehead atoms. The minimum atomic E-state index is -0.295. The Morgan fingerprint density at radius 1 is 1.19 bits per heavy atom. The molecule has 0 radical (unpaired) electrons. The Hall–Kier alpha value is -2.24. The molecule has 2 aromatic heterocycles. The number of hydrogen-bond acceptors (Lipinski definition) is 3. The fraction of sp³-hybridized carbons (Fsp3) is 0.364. The third-order valence-corrected chi connectivity index (χ3v) is 6.12. The lowest BCUT2D eigenvalue weighted by Crippen LogP contribution is -2.50. The summed E-state index contributed by atoms with van der Waals surface area (Å²) >= 11 is 5.59. The van der Waals surface area contributed by atoms with Gasteiger partial charge in [0.2, 0.25) is 0 Å². The van der Waals surface area contributed by atoms with Gasteiger partial charge in [-0.15, -0.1) is 0 Å². The number of rotatable bonds is 6. The molecular formula is C22H25N3OS. The van der Waals surface area contributed by atoms with Crippen LogP contribution < -0.4 is 5.73 Å². The van der Waals surface area contributed by atoms with Crippen LogP contribution in [-0.2, 0) is 17.8 Å². The van der Waals surface area contributed by atoms with Gasteiger partial charge < -0.3 is 14.9 Å². The van der Waals surface area contributed by atoms with E-state index in [1.54, 1.807) is 0 Å². The normalized spacial score (nSPS) is 22.7. The minimum absolute atomic E-state index is 0.0439. The van der Waals surface area contributed by atoms with Crippen LogP contribution in [0.4, 0.5) is 0 Å². The number of imidazole rings is 1. The second kappa shape index (κ2) is 7.79. The van der Waals surface area contributed by atoms with Gasteiger partial charge in [0.1, 0.15) is 5.65 Å². The maximum absolute atomic E-state index is 6.40. The van der Waals surface area contributed by atoms with Gasteiger partial charge in [0.25, 0.3) is 0 Å². The molecule has 1 aromatic carbocycles. The van der Waals surface area contributed by atoms with Crippen LogP contribution in [0.1, 0.15) is 36.8 Å². The van der Waals surface area contributed by atoms with E-state index < -0.39 is 0 Å². The first-order valence-electron chi connectivity index (χ1n) is 9.54. The van der Waals surface area contributed by atoms with Crippen LogP contribution in [-0.4, -0.2) is 20.5 Å². The topological polar surface area (TPSA) is 52.5 Å². The van der Waals surface area contributed by atoms with E-state index in [-0.39, 0.29) is 11.5 Å². The van der Waals surface area contributed by atoms with Crippen molar-refractivity contribution in [2.75, 3.05) is 0 Å². The second-order valence-corrected chi connectivity index (χ2v) is 7.90. The van der Waals surface area contributed by atoms with Gasteiger partial charge in [-0.25, -0.2) is 4.98 Å². The zero-order valence-electron chi connectivity index (χ0n) is 15.4. The van der Waals surface area contributed by atoms with Crippen LogP contribution in [0.3, 0.4) is 0 Å². The zero-order valence-corrected chi connectivity index (χ0v) is 16.2. The second-order valence-electron chi connectivity index (χ2n) is 7.46. The predicted molar refractivity (Wildman–Crippen MR) is 112 cm³/mol. The highest BCUT2D eigenvalue weighted by Crippen LogP contribution is 2.42. The number of nitrogens with zero attached hydrogens (tertiary/aromatic N) is 2. The van der Waals surface area contributed by atoms with Gasteiger partial charge in [0.05, 0.1) is 23.1 Å². The van der Waals surface area contributed by atoms with Crippen LogP contribution in [0, 0.1) is 5.41 Å². The van der Waals surface area contributed by atoms with E-state index in [1.807, 2.05) is 41.1 Å². The van der Waals surface area contributed by atoms with Crippen LogP contribution in [0.15, 0.2) is 61.1 Å². The molecule has 3 aromatic rings. The molecular weight excluding hydrogens is 354 g/mol. The molecule has 0 saturated heterocycles. The van der Waals surface area contributed by atoms with Crippen LogP contribution in [0.25, 0.3) is 5.65 Å². The van der Waals surface area contributed by atoms with Crippen molar-refractivity contribution >= 4 is 22.9 Å². The maximum atomic E-state index is 6.40. The van der Waals surface area contributed by atoms with Crippen molar-refractivity contribution in [1.82, 2.24) is 9.38 Å². The van der Waals surface area contributed by atoms with Gasteiger partial charge in [0.15, 0.2) is 0 Å². The molecule has 0 amide bonds. The number of ether oxygens (including phenoxy) is 1. The zero-order chi connectivity index (χ0) is 18.7. The first-order chi connectivity index (χ1) is 13.2. The summed E-state index contributed by atoms with van der Waals surface area (Å²) in [4.78, 5) is 4.90. The Bertz CT molecular complexity index is 923. The molecule has 2 heterocycles. The van der Waals surface area contributed by atoms with E-state index in [9.17, 15) is 0 Å². The van der Waals surface area contributed by atoms with Crippen molar-refractivity contribution in [2.45, 2.75) is 44.8 Å². The molecule has 0 aliphatic heterocycles. The SMILES string of the molecule is NC(=S)C1(Cc2ccc3nccn3c2)CCCCC1OCc1ccccc1. The molecule has 2 atom stereocenters. The molecule has 0 spiro atoms. The molecule has 1 saturated carbocycles. The number of hydrogen-bond donors (Lipinski definition) is 1. The van der Waals surface area contributed by atoms with Crippen molar-refractivity contribution in [3.05, 3.63) is 72.2 Å². The van der Waals surface area contributed by atoms with Gasteiger partial charge in [-0.1, -0.05) is 61.5 Å². The number of nitrogens with two attached hydrogens (primary N) is 1. The van der Waals surface area contributed by atoms with Crippen molar-refractivity contribution in [2.24, 2.45) is 11.1 Å². The first-order valence-corrected chi connectivity index (χ1v) is 9.95. The Kier molecular flexibility index (Phi) is 5.23. The number of pyridine rings is 1. The lowest BCUT2D eigenvalue weighted by molar-refractivity contribution is -0.0445. The van der Waals surface area contributed by atoms with E-state index in [0.29, 0.717) is 11.6 Å². The summed E-state index contributed by atoms with van der Waals surface area (Å²) in [6, 6.07) is 14.5. The maximum Gasteiger partial charge on any atom is 0.136 e.